The summed E-state index contributed by atoms with van der Waals surface area (Å²) in [6, 6.07) is 11.7. The molecule has 0 aliphatic carbocycles. The molecule has 0 atom stereocenters. The minimum absolute atomic E-state index is 0.294. The molecule has 2 aromatic rings. The molecule has 0 spiro atoms. The molecule has 2 aromatic carbocycles. The number of hydrogen-bond donors (Lipinski definition) is 1. The van der Waals surface area contributed by atoms with Crippen molar-refractivity contribution in [2.75, 3.05) is 6.61 Å². The van der Waals surface area contributed by atoms with Crippen LogP contribution in [0.15, 0.2) is 41.4 Å². The monoisotopic (exact) mass is 324 g/mol. The predicted octanol–water partition coefficient (Wildman–Crippen LogP) is 4.27. The molecule has 0 bridgehead atoms. The van der Waals surface area contributed by atoms with Crippen LogP contribution in [0, 0.1) is 0 Å². The van der Waals surface area contributed by atoms with E-state index in [2.05, 4.69) is 24.9 Å². The summed E-state index contributed by atoms with van der Waals surface area (Å²) in [5, 5.41) is 0. The van der Waals surface area contributed by atoms with E-state index in [1.807, 2.05) is 30.3 Å². The van der Waals surface area contributed by atoms with Crippen molar-refractivity contribution in [3.8, 4) is 11.1 Å². The van der Waals surface area contributed by atoms with Crippen LogP contribution in [0.1, 0.15) is 42.3 Å². The fraction of sp³-hybridized carbons (Fsp3) is 0.300. The molecular formula is C20H24N2O2. The predicted molar refractivity (Wildman–Crippen MR) is 98.9 cm³/mol. The van der Waals surface area contributed by atoms with Gasteiger partial charge in [0, 0.05) is 0 Å². The Morgan fingerprint density at radius 1 is 1.08 bits per heavy atom. The molecule has 0 aliphatic heterocycles. The Morgan fingerprint density at radius 2 is 1.79 bits per heavy atom. The van der Waals surface area contributed by atoms with Gasteiger partial charge in [-0.25, -0.2) is 9.79 Å². The van der Waals surface area contributed by atoms with Gasteiger partial charge in [-0.05, 0) is 60.2 Å². The smallest absolute Gasteiger partial charge is 0.338 e. The second kappa shape index (κ2) is 8.29. The van der Waals surface area contributed by atoms with Gasteiger partial charge in [0.25, 0.3) is 0 Å². The normalized spacial score (nSPS) is 11.0. The van der Waals surface area contributed by atoms with Gasteiger partial charge in [-0.1, -0.05) is 32.0 Å². The lowest BCUT2D eigenvalue weighted by atomic mass is 9.90. The first-order valence-electron chi connectivity index (χ1n) is 8.32. The minimum atomic E-state index is -0.294. The molecule has 4 nitrogen and oxygen atoms in total. The van der Waals surface area contributed by atoms with Crippen LogP contribution in [0.4, 0.5) is 5.69 Å². The van der Waals surface area contributed by atoms with Gasteiger partial charge >= 0.3 is 5.97 Å². The summed E-state index contributed by atoms with van der Waals surface area (Å²) in [6.07, 6.45) is 3.11. The van der Waals surface area contributed by atoms with Crippen LogP contribution in [-0.2, 0) is 17.6 Å². The quantitative estimate of drug-likeness (QED) is 0.490. The van der Waals surface area contributed by atoms with Gasteiger partial charge in [-0.15, -0.1) is 0 Å². The number of aliphatic imine (C=N–C) groups is 1. The van der Waals surface area contributed by atoms with E-state index >= 15 is 0 Å². The average Bonchev–Trinajstić information content (AvgIpc) is 2.62. The fourth-order valence-electron chi connectivity index (χ4n) is 2.89. The molecule has 0 saturated carbocycles. The number of carbonyl (C=O) groups is 1. The van der Waals surface area contributed by atoms with E-state index in [0.717, 1.165) is 24.1 Å². The Balaban J connectivity index is 2.54. The first kappa shape index (κ1) is 17.7. The molecule has 0 aliphatic rings. The highest BCUT2D eigenvalue weighted by Gasteiger charge is 2.14. The summed E-state index contributed by atoms with van der Waals surface area (Å²) < 4.78 is 5.04. The Labute approximate surface area is 143 Å². The highest BCUT2D eigenvalue weighted by molar-refractivity contribution is 5.90. The standard InChI is InChI=1S/C20H24N2O2/c1-4-14-11-12-18(22-13-21)17(5-2)19(14)15-7-9-16(10-8-15)20(23)24-6-3/h7-13H,4-6H2,1-3H3,(H2,21,22). The number of benzene rings is 2. The molecule has 4 heteroatoms. The molecule has 0 radical (unpaired) electrons. The van der Waals surface area contributed by atoms with Crippen LogP contribution in [0.3, 0.4) is 0 Å². The lowest BCUT2D eigenvalue weighted by Gasteiger charge is -2.16. The van der Waals surface area contributed by atoms with Gasteiger partial charge < -0.3 is 10.5 Å². The van der Waals surface area contributed by atoms with E-state index in [4.69, 9.17) is 10.5 Å². The van der Waals surface area contributed by atoms with Crippen molar-refractivity contribution in [2.45, 2.75) is 33.6 Å². The van der Waals surface area contributed by atoms with Gasteiger partial charge in [0.05, 0.1) is 24.2 Å². The van der Waals surface area contributed by atoms with Crippen LogP contribution < -0.4 is 5.73 Å². The number of nitrogens with zero attached hydrogens (tertiary/aromatic N) is 1. The SMILES string of the molecule is CCOC(=O)c1ccc(-c2c(CC)ccc(N=CN)c2CC)cc1. The first-order chi connectivity index (χ1) is 11.7. The van der Waals surface area contributed by atoms with Gasteiger partial charge in [0.2, 0.25) is 0 Å². The zero-order valence-electron chi connectivity index (χ0n) is 14.5. The van der Waals surface area contributed by atoms with Crippen molar-refractivity contribution in [3.63, 3.8) is 0 Å². The van der Waals surface area contributed by atoms with Crippen LogP contribution in [-0.4, -0.2) is 18.9 Å². The van der Waals surface area contributed by atoms with Gasteiger partial charge in [0.1, 0.15) is 0 Å². The maximum atomic E-state index is 11.8. The van der Waals surface area contributed by atoms with Crippen LogP contribution in [0.25, 0.3) is 11.1 Å². The van der Waals surface area contributed by atoms with Gasteiger partial charge in [0.15, 0.2) is 0 Å². The third-order valence-electron chi connectivity index (χ3n) is 4.01. The highest BCUT2D eigenvalue weighted by atomic mass is 16.5. The van der Waals surface area contributed by atoms with E-state index in [-0.39, 0.29) is 5.97 Å². The summed E-state index contributed by atoms with van der Waals surface area (Å²) in [5.74, 6) is -0.294. The van der Waals surface area contributed by atoms with E-state index in [1.165, 1.54) is 23.0 Å². The van der Waals surface area contributed by atoms with Crippen molar-refractivity contribution in [1.29, 1.82) is 0 Å². The van der Waals surface area contributed by atoms with Crippen LogP contribution >= 0.6 is 0 Å². The summed E-state index contributed by atoms with van der Waals surface area (Å²) in [6.45, 7) is 6.42. The molecule has 2 rings (SSSR count). The molecule has 0 saturated heterocycles. The van der Waals surface area contributed by atoms with E-state index in [9.17, 15) is 4.79 Å². The fourth-order valence-corrected chi connectivity index (χ4v) is 2.89. The Bertz CT molecular complexity index is 734. The lowest BCUT2D eigenvalue weighted by molar-refractivity contribution is 0.0526. The second-order valence-corrected chi connectivity index (χ2v) is 5.38. The summed E-state index contributed by atoms with van der Waals surface area (Å²) in [5.41, 5.74) is 11.6. The molecule has 126 valence electrons. The maximum Gasteiger partial charge on any atom is 0.338 e. The topological polar surface area (TPSA) is 64.7 Å². The van der Waals surface area contributed by atoms with Crippen molar-refractivity contribution in [2.24, 2.45) is 10.7 Å². The molecule has 0 heterocycles. The molecule has 0 amide bonds. The minimum Gasteiger partial charge on any atom is -0.462 e. The average molecular weight is 324 g/mol. The largest absolute Gasteiger partial charge is 0.462 e. The van der Waals surface area contributed by atoms with Gasteiger partial charge in [-0.3, -0.25) is 0 Å². The summed E-state index contributed by atoms with van der Waals surface area (Å²) >= 11 is 0. The van der Waals surface area contributed by atoms with Crippen LogP contribution in [0.2, 0.25) is 0 Å². The number of ether oxygens (including phenoxy) is 1. The second-order valence-electron chi connectivity index (χ2n) is 5.38. The molecule has 0 fully saturated rings. The third kappa shape index (κ3) is 3.65. The molecule has 0 aromatic heterocycles. The number of rotatable bonds is 6. The lowest BCUT2D eigenvalue weighted by Crippen LogP contribution is -2.04. The number of carbonyl (C=O) groups excluding carboxylic acids is 1. The van der Waals surface area contributed by atoms with Crippen molar-refractivity contribution in [3.05, 3.63) is 53.1 Å². The van der Waals surface area contributed by atoms with E-state index in [0.29, 0.717) is 12.2 Å². The van der Waals surface area contributed by atoms with Crippen molar-refractivity contribution < 1.29 is 9.53 Å². The van der Waals surface area contributed by atoms with E-state index < -0.39 is 0 Å². The molecule has 24 heavy (non-hydrogen) atoms. The highest BCUT2D eigenvalue weighted by Crippen LogP contribution is 2.35. The van der Waals surface area contributed by atoms with Crippen molar-refractivity contribution >= 4 is 18.0 Å². The Kier molecular flexibility index (Phi) is 6.13. The zero-order valence-corrected chi connectivity index (χ0v) is 14.5. The zero-order chi connectivity index (χ0) is 17.5. The van der Waals surface area contributed by atoms with Crippen molar-refractivity contribution in [1.82, 2.24) is 0 Å². The molecule has 0 unspecified atom stereocenters. The number of hydrogen-bond acceptors (Lipinski definition) is 3. The number of nitrogens with two attached hydrogens (primary N) is 1. The summed E-state index contributed by atoms with van der Waals surface area (Å²) in [7, 11) is 0. The van der Waals surface area contributed by atoms with Crippen LogP contribution in [0.5, 0.6) is 0 Å². The molecule has 2 N–H and O–H groups in total. The Morgan fingerprint density at radius 3 is 2.33 bits per heavy atom. The Hall–Kier alpha value is -2.62. The summed E-state index contributed by atoms with van der Waals surface area (Å²) in [4.78, 5) is 16.1. The van der Waals surface area contributed by atoms with E-state index in [1.54, 1.807) is 6.92 Å². The third-order valence-corrected chi connectivity index (χ3v) is 4.01. The number of esters is 1. The first-order valence-corrected chi connectivity index (χ1v) is 8.32. The van der Waals surface area contributed by atoms with Gasteiger partial charge in [-0.2, -0.15) is 0 Å². The number of aryl methyl sites for hydroxylation is 1. The molecular weight excluding hydrogens is 300 g/mol. The maximum absolute atomic E-state index is 11.8.